The molecule has 0 fully saturated rings. The third-order valence-corrected chi connectivity index (χ3v) is 10.5. The van der Waals surface area contributed by atoms with Crippen LogP contribution < -0.4 is 0 Å². The van der Waals surface area contributed by atoms with Crippen molar-refractivity contribution in [2.45, 2.75) is 0 Å². The van der Waals surface area contributed by atoms with Crippen molar-refractivity contribution in [2.24, 2.45) is 0 Å². The van der Waals surface area contributed by atoms with Crippen molar-refractivity contribution in [1.29, 1.82) is 0 Å². The molecule has 0 aliphatic carbocycles. The van der Waals surface area contributed by atoms with Gasteiger partial charge in [0.05, 0.1) is 5.69 Å². The van der Waals surface area contributed by atoms with Crippen LogP contribution in [-0.2, 0) is 0 Å². The van der Waals surface area contributed by atoms with Gasteiger partial charge in [-0.2, -0.15) is 0 Å². The highest BCUT2D eigenvalue weighted by molar-refractivity contribution is 7.26. The summed E-state index contributed by atoms with van der Waals surface area (Å²) in [6.45, 7) is 0. The number of rotatable bonds is 4. The zero-order chi connectivity index (χ0) is 31.6. The summed E-state index contributed by atoms with van der Waals surface area (Å²) >= 11 is 1.80. The van der Waals surface area contributed by atoms with Crippen molar-refractivity contribution in [3.05, 3.63) is 152 Å². The fraction of sp³-hybridized carbons (Fsp3) is 0. The third kappa shape index (κ3) is 4.25. The quantitative estimate of drug-likeness (QED) is 0.194. The number of hydrogen-bond donors (Lipinski definition) is 0. The average Bonchev–Trinajstić information content (AvgIpc) is 3.73. The van der Waals surface area contributed by atoms with Crippen LogP contribution >= 0.6 is 11.3 Å². The van der Waals surface area contributed by atoms with Gasteiger partial charge in [0.1, 0.15) is 11.2 Å². The lowest BCUT2D eigenvalue weighted by Crippen LogP contribution is -1.91. The highest BCUT2D eigenvalue weighted by Gasteiger charge is 2.15. The number of fused-ring (bicyclic) bond motifs is 7. The monoisotopic (exact) mass is 631 g/mol. The van der Waals surface area contributed by atoms with E-state index in [2.05, 4.69) is 115 Å². The van der Waals surface area contributed by atoms with Gasteiger partial charge in [0.25, 0.3) is 0 Å². The van der Waals surface area contributed by atoms with Crippen molar-refractivity contribution in [3.8, 4) is 44.9 Å². The lowest BCUT2D eigenvalue weighted by molar-refractivity contribution is 0.670. The summed E-state index contributed by atoms with van der Waals surface area (Å²) in [7, 11) is 0. The predicted octanol–water partition coefficient (Wildman–Crippen LogP) is 12.0. The molecule has 0 aliphatic rings. The largest absolute Gasteiger partial charge is 0.455 e. The van der Waals surface area contributed by atoms with Gasteiger partial charge in [0.2, 0.25) is 0 Å². The number of aromatic nitrogens is 3. The molecule has 0 atom stereocenters. The van der Waals surface area contributed by atoms with Gasteiger partial charge >= 0.3 is 0 Å². The molecular weight excluding hydrogens is 607 g/mol. The number of para-hydroxylation sites is 2. The van der Waals surface area contributed by atoms with E-state index in [1.54, 1.807) is 11.3 Å². The molecule has 0 spiro atoms. The molecule has 10 rings (SSSR count). The van der Waals surface area contributed by atoms with Crippen molar-refractivity contribution in [1.82, 2.24) is 15.0 Å². The number of furan rings is 1. The molecule has 0 aliphatic heterocycles. The highest BCUT2D eigenvalue weighted by Crippen LogP contribution is 2.40. The van der Waals surface area contributed by atoms with E-state index in [9.17, 15) is 0 Å². The molecule has 10 aromatic rings. The van der Waals surface area contributed by atoms with Crippen LogP contribution in [0.2, 0.25) is 0 Å². The molecule has 0 unspecified atom stereocenters. The Bertz CT molecular complexity index is 2830. The zero-order valence-electron chi connectivity index (χ0n) is 25.6. The SMILES string of the molecule is c1cc(-c2cnc(-c3cccc4c3sc3ccccc34)nc2)c2ccc(-c3ccc(-c4cccc5c4oc4ccccc45)nc3)cc2c1. The number of benzene rings is 6. The lowest BCUT2D eigenvalue weighted by Gasteiger charge is -2.10. The van der Waals surface area contributed by atoms with E-state index in [0.29, 0.717) is 0 Å². The summed E-state index contributed by atoms with van der Waals surface area (Å²) in [4.78, 5) is 14.6. The molecule has 6 aromatic carbocycles. The Hall–Kier alpha value is -6.17. The molecule has 0 N–H and O–H groups in total. The fourth-order valence-electron chi connectivity index (χ4n) is 6.92. The molecule has 0 bridgehead atoms. The fourth-order valence-corrected chi connectivity index (χ4v) is 8.13. The maximum Gasteiger partial charge on any atom is 0.160 e. The topological polar surface area (TPSA) is 51.8 Å². The smallest absolute Gasteiger partial charge is 0.160 e. The van der Waals surface area contributed by atoms with Gasteiger partial charge in [-0.1, -0.05) is 97.1 Å². The minimum Gasteiger partial charge on any atom is -0.455 e. The van der Waals surface area contributed by atoms with Crippen molar-refractivity contribution in [3.63, 3.8) is 0 Å². The van der Waals surface area contributed by atoms with Crippen LogP contribution in [0.5, 0.6) is 0 Å². The molecule has 0 amide bonds. The maximum absolute atomic E-state index is 6.26. The van der Waals surface area contributed by atoms with Crippen LogP contribution in [0, 0.1) is 0 Å². The Balaban J connectivity index is 0.973. The number of pyridine rings is 1. The van der Waals surface area contributed by atoms with Gasteiger partial charge in [0.15, 0.2) is 5.82 Å². The van der Waals surface area contributed by atoms with E-state index < -0.39 is 0 Å². The van der Waals surface area contributed by atoms with Gasteiger partial charge in [-0.25, -0.2) is 9.97 Å². The van der Waals surface area contributed by atoms with E-state index in [4.69, 9.17) is 19.4 Å². The van der Waals surface area contributed by atoms with Crippen molar-refractivity contribution >= 4 is 64.2 Å². The Morgan fingerprint density at radius 3 is 2.04 bits per heavy atom. The molecule has 224 valence electrons. The van der Waals surface area contributed by atoms with Gasteiger partial charge in [-0.3, -0.25) is 4.98 Å². The van der Waals surface area contributed by atoms with Crippen molar-refractivity contribution < 1.29 is 4.42 Å². The molecule has 0 radical (unpaired) electrons. The summed E-state index contributed by atoms with van der Waals surface area (Å²) in [5, 5.41) is 7.06. The maximum atomic E-state index is 6.26. The Morgan fingerprint density at radius 2 is 1.17 bits per heavy atom. The third-order valence-electron chi connectivity index (χ3n) is 9.27. The number of thiophene rings is 1. The summed E-state index contributed by atoms with van der Waals surface area (Å²) in [6.07, 6.45) is 5.84. The van der Waals surface area contributed by atoms with Crippen LogP contribution in [0.1, 0.15) is 0 Å². The van der Waals surface area contributed by atoms with E-state index in [1.165, 1.54) is 20.2 Å². The lowest BCUT2D eigenvalue weighted by atomic mass is 9.96. The standard InChI is InChI=1S/C43H25N3OS/c1-3-16-39-32(9-1)34-12-6-14-36(41(34)47-39)38-21-19-28(23-44-38)26-18-20-31-27(22-26)8-5-11-30(31)29-24-45-43(46-25-29)37-15-7-13-35-33-10-2-4-17-40(33)48-42(35)37/h1-25H. The average molecular weight is 632 g/mol. The molecule has 0 saturated carbocycles. The first-order valence-electron chi connectivity index (χ1n) is 15.9. The van der Waals surface area contributed by atoms with E-state index in [-0.39, 0.29) is 0 Å². The molecule has 4 nitrogen and oxygen atoms in total. The van der Waals surface area contributed by atoms with E-state index >= 15 is 0 Å². The second-order valence-electron chi connectivity index (χ2n) is 12.0. The number of hydrogen-bond acceptors (Lipinski definition) is 5. The Labute approximate surface area is 279 Å². The molecule has 48 heavy (non-hydrogen) atoms. The Kier molecular flexibility index (Phi) is 6.01. The van der Waals surface area contributed by atoms with E-state index in [1.807, 2.05) is 36.8 Å². The van der Waals surface area contributed by atoms with Crippen LogP contribution in [0.3, 0.4) is 0 Å². The molecule has 4 heterocycles. The van der Waals surface area contributed by atoms with Gasteiger partial charge in [-0.15, -0.1) is 11.3 Å². The predicted molar refractivity (Wildman–Crippen MR) is 199 cm³/mol. The second kappa shape index (κ2) is 10.7. The first-order chi connectivity index (χ1) is 23.8. The summed E-state index contributed by atoms with van der Waals surface area (Å²) in [5.74, 6) is 0.742. The zero-order valence-corrected chi connectivity index (χ0v) is 26.4. The van der Waals surface area contributed by atoms with Gasteiger partial charge in [-0.05, 0) is 58.3 Å². The Morgan fingerprint density at radius 1 is 0.458 bits per heavy atom. The summed E-state index contributed by atoms with van der Waals surface area (Å²) in [6, 6.07) is 46.6. The van der Waals surface area contributed by atoms with Crippen LogP contribution in [-0.4, -0.2) is 15.0 Å². The summed E-state index contributed by atoms with van der Waals surface area (Å²) < 4.78 is 8.75. The molecule has 5 heteroatoms. The minimum absolute atomic E-state index is 0.742. The summed E-state index contributed by atoms with van der Waals surface area (Å²) in [5.41, 5.74) is 8.98. The first-order valence-corrected chi connectivity index (χ1v) is 16.7. The first kappa shape index (κ1) is 27.0. The van der Waals surface area contributed by atoms with E-state index in [0.717, 1.165) is 77.6 Å². The van der Waals surface area contributed by atoms with Crippen molar-refractivity contribution in [2.75, 3.05) is 0 Å². The molecule has 4 aromatic heterocycles. The molecular formula is C43H25N3OS. The van der Waals surface area contributed by atoms with Crippen LogP contribution in [0.25, 0.3) is 97.8 Å². The van der Waals surface area contributed by atoms with Crippen LogP contribution in [0.15, 0.2) is 156 Å². The van der Waals surface area contributed by atoms with Crippen LogP contribution in [0.4, 0.5) is 0 Å². The minimum atomic E-state index is 0.742. The van der Waals surface area contributed by atoms with Gasteiger partial charge < -0.3 is 4.42 Å². The van der Waals surface area contributed by atoms with Gasteiger partial charge in [0, 0.05) is 71.8 Å². The molecule has 0 saturated heterocycles. The number of nitrogens with zero attached hydrogens (tertiary/aromatic N) is 3. The highest BCUT2D eigenvalue weighted by atomic mass is 32.1. The second-order valence-corrected chi connectivity index (χ2v) is 13.1. The normalized spacial score (nSPS) is 11.8.